The fraction of sp³-hybridized carbons (Fsp3) is 0.381. The van der Waals surface area contributed by atoms with Crippen molar-refractivity contribution in [3.63, 3.8) is 0 Å². The van der Waals surface area contributed by atoms with Crippen molar-refractivity contribution in [3.8, 4) is 5.75 Å². The molecule has 5 nitrogen and oxygen atoms in total. The van der Waals surface area contributed by atoms with Crippen LogP contribution < -0.4 is 9.64 Å². The number of rotatable bonds is 7. The van der Waals surface area contributed by atoms with E-state index >= 15 is 0 Å². The number of aliphatic hydroxyl groups is 1. The van der Waals surface area contributed by atoms with Gasteiger partial charge in [0.1, 0.15) is 18.5 Å². The summed E-state index contributed by atoms with van der Waals surface area (Å²) >= 11 is 0. The third-order valence-electron chi connectivity index (χ3n) is 4.65. The second kappa shape index (κ2) is 8.83. The number of nitrogens with zero attached hydrogens (tertiary/aromatic N) is 2. The summed E-state index contributed by atoms with van der Waals surface area (Å²) in [5.74, 6) is 0.623. The highest BCUT2D eigenvalue weighted by Gasteiger charge is 2.19. The highest BCUT2D eigenvalue weighted by Crippen LogP contribution is 2.16. The van der Waals surface area contributed by atoms with E-state index in [2.05, 4.69) is 34.1 Å². The number of hydrogen-bond acceptors (Lipinski definition) is 5. The average molecular weight is 354 g/mol. The van der Waals surface area contributed by atoms with Crippen LogP contribution in [0.2, 0.25) is 0 Å². The Kier molecular flexibility index (Phi) is 6.26. The molecule has 1 heterocycles. The Labute approximate surface area is 154 Å². The lowest BCUT2D eigenvalue weighted by atomic mass is 10.1. The fourth-order valence-electron chi connectivity index (χ4n) is 3.18. The maximum atomic E-state index is 11.4. The Morgan fingerprint density at radius 1 is 1.08 bits per heavy atom. The molecule has 0 aromatic heterocycles. The predicted octanol–water partition coefficient (Wildman–Crippen LogP) is 2.45. The minimum absolute atomic E-state index is 0.00675. The van der Waals surface area contributed by atoms with E-state index in [1.807, 2.05) is 6.07 Å². The van der Waals surface area contributed by atoms with Crippen LogP contribution in [0.3, 0.4) is 0 Å². The second-order valence-electron chi connectivity index (χ2n) is 6.67. The molecular weight excluding hydrogens is 328 g/mol. The molecule has 1 aliphatic rings. The molecule has 0 saturated carbocycles. The third kappa shape index (κ3) is 5.07. The normalized spacial score (nSPS) is 16.3. The maximum Gasteiger partial charge on any atom is 0.159 e. The lowest BCUT2D eigenvalue weighted by Crippen LogP contribution is -2.49. The second-order valence-corrected chi connectivity index (χ2v) is 6.67. The standard InChI is InChI=1S/C21H26N2O3/c1-17(24)18-6-5-9-21(14-18)26-16-20(25)15-22-10-12-23(13-11-22)19-7-3-2-4-8-19/h2-9,14,20,25H,10-13,15-16H2,1H3. The van der Waals surface area contributed by atoms with E-state index in [4.69, 9.17) is 4.74 Å². The van der Waals surface area contributed by atoms with Crippen molar-refractivity contribution >= 4 is 11.5 Å². The molecule has 2 aromatic carbocycles. The first kappa shape index (κ1) is 18.4. The Balaban J connectivity index is 1.42. The van der Waals surface area contributed by atoms with Crippen molar-refractivity contribution in [2.24, 2.45) is 0 Å². The molecule has 1 fully saturated rings. The van der Waals surface area contributed by atoms with Gasteiger partial charge in [-0.25, -0.2) is 0 Å². The molecular formula is C21H26N2O3. The minimum atomic E-state index is -0.556. The van der Waals surface area contributed by atoms with Crippen LogP contribution in [-0.2, 0) is 0 Å². The van der Waals surface area contributed by atoms with Crippen molar-refractivity contribution in [2.75, 3.05) is 44.2 Å². The molecule has 0 aliphatic carbocycles. The predicted molar refractivity (Wildman–Crippen MR) is 103 cm³/mol. The Bertz CT molecular complexity index is 712. The number of hydrogen-bond donors (Lipinski definition) is 1. The van der Waals surface area contributed by atoms with Gasteiger partial charge in [0.15, 0.2) is 5.78 Å². The monoisotopic (exact) mass is 354 g/mol. The topological polar surface area (TPSA) is 53.0 Å². The third-order valence-corrected chi connectivity index (χ3v) is 4.65. The molecule has 1 saturated heterocycles. The van der Waals surface area contributed by atoms with Crippen LogP contribution in [0.25, 0.3) is 0 Å². The molecule has 1 aliphatic heterocycles. The molecule has 26 heavy (non-hydrogen) atoms. The number of carbonyl (C=O) groups excluding carboxylic acids is 1. The quantitative estimate of drug-likeness (QED) is 0.774. The number of aliphatic hydroxyl groups excluding tert-OH is 1. The number of Topliss-reactive ketones (excluding diaryl/α,β-unsaturated/α-hetero) is 1. The van der Waals surface area contributed by atoms with Gasteiger partial charge < -0.3 is 14.7 Å². The number of ketones is 1. The van der Waals surface area contributed by atoms with Crippen LogP contribution in [-0.4, -0.2) is 61.2 Å². The molecule has 0 radical (unpaired) electrons. The molecule has 5 heteroatoms. The number of piperazine rings is 1. The molecule has 3 rings (SSSR count). The van der Waals surface area contributed by atoms with Gasteiger partial charge in [0.25, 0.3) is 0 Å². The summed E-state index contributed by atoms with van der Waals surface area (Å²) in [6.45, 7) is 6.10. The molecule has 0 amide bonds. The van der Waals surface area contributed by atoms with Gasteiger partial charge in [0, 0.05) is 44.0 Å². The van der Waals surface area contributed by atoms with Gasteiger partial charge in [-0.2, -0.15) is 0 Å². The van der Waals surface area contributed by atoms with Crippen LogP contribution in [0.4, 0.5) is 5.69 Å². The SMILES string of the molecule is CC(=O)c1cccc(OCC(O)CN2CCN(c3ccccc3)CC2)c1. The number of ether oxygens (including phenoxy) is 1. The summed E-state index contributed by atoms with van der Waals surface area (Å²) in [6, 6.07) is 17.5. The summed E-state index contributed by atoms with van der Waals surface area (Å²) in [4.78, 5) is 16.0. The van der Waals surface area contributed by atoms with Gasteiger partial charge in [-0.05, 0) is 31.2 Å². The number of para-hydroxylation sites is 1. The summed E-state index contributed by atoms with van der Waals surface area (Å²) in [7, 11) is 0. The molecule has 1 unspecified atom stereocenters. The first-order chi connectivity index (χ1) is 12.6. The molecule has 138 valence electrons. The van der Waals surface area contributed by atoms with E-state index in [0.717, 1.165) is 26.2 Å². The zero-order valence-corrected chi connectivity index (χ0v) is 15.2. The van der Waals surface area contributed by atoms with Crippen LogP contribution in [0.5, 0.6) is 5.75 Å². The molecule has 0 spiro atoms. The van der Waals surface area contributed by atoms with Gasteiger partial charge in [0.05, 0.1) is 0 Å². The number of β-amino-alcohol motifs (C(OH)–C–C–N with tert-alkyl or cyclic N) is 1. The zero-order chi connectivity index (χ0) is 18.4. The van der Waals surface area contributed by atoms with E-state index < -0.39 is 6.10 Å². The fourth-order valence-corrected chi connectivity index (χ4v) is 3.18. The number of carbonyl (C=O) groups is 1. The number of benzene rings is 2. The zero-order valence-electron chi connectivity index (χ0n) is 15.2. The van der Waals surface area contributed by atoms with E-state index in [9.17, 15) is 9.90 Å². The minimum Gasteiger partial charge on any atom is -0.491 e. The van der Waals surface area contributed by atoms with Gasteiger partial charge in [-0.3, -0.25) is 9.69 Å². The van der Waals surface area contributed by atoms with Crippen molar-refractivity contribution in [1.29, 1.82) is 0 Å². The van der Waals surface area contributed by atoms with Gasteiger partial charge in [0.2, 0.25) is 0 Å². The lowest BCUT2D eigenvalue weighted by molar-refractivity contribution is 0.0663. The molecule has 1 atom stereocenters. The Morgan fingerprint density at radius 3 is 2.50 bits per heavy atom. The van der Waals surface area contributed by atoms with E-state index in [1.165, 1.54) is 12.6 Å². The first-order valence-electron chi connectivity index (χ1n) is 9.06. The van der Waals surface area contributed by atoms with Gasteiger partial charge >= 0.3 is 0 Å². The molecule has 1 N–H and O–H groups in total. The summed E-state index contributed by atoms with van der Waals surface area (Å²) in [5.41, 5.74) is 1.87. The summed E-state index contributed by atoms with van der Waals surface area (Å²) < 4.78 is 5.65. The van der Waals surface area contributed by atoms with E-state index in [0.29, 0.717) is 17.9 Å². The van der Waals surface area contributed by atoms with Gasteiger partial charge in [-0.15, -0.1) is 0 Å². The van der Waals surface area contributed by atoms with Crippen LogP contribution in [0.15, 0.2) is 54.6 Å². The van der Waals surface area contributed by atoms with E-state index in [1.54, 1.807) is 24.3 Å². The first-order valence-corrected chi connectivity index (χ1v) is 9.06. The van der Waals surface area contributed by atoms with Crippen molar-refractivity contribution in [1.82, 2.24) is 4.90 Å². The maximum absolute atomic E-state index is 11.4. The highest BCUT2D eigenvalue weighted by atomic mass is 16.5. The van der Waals surface area contributed by atoms with Crippen LogP contribution in [0.1, 0.15) is 17.3 Å². The highest BCUT2D eigenvalue weighted by molar-refractivity contribution is 5.94. The summed E-state index contributed by atoms with van der Waals surface area (Å²) in [6.07, 6.45) is -0.556. The number of anilines is 1. The Hall–Kier alpha value is -2.37. The van der Waals surface area contributed by atoms with Crippen molar-refractivity contribution in [2.45, 2.75) is 13.0 Å². The summed E-state index contributed by atoms with van der Waals surface area (Å²) in [5, 5.41) is 10.3. The largest absolute Gasteiger partial charge is 0.491 e. The lowest BCUT2D eigenvalue weighted by Gasteiger charge is -2.36. The van der Waals surface area contributed by atoms with Crippen molar-refractivity contribution in [3.05, 3.63) is 60.2 Å². The van der Waals surface area contributed by atoms with Crippen LogP contribution in [0, 0.1) is 0 Å². The van der Waals surface area contributed by atoms with E-state index in [-0.39, 0.29) is 12.4 Å². The van der Waals surface area contributed by atoms with Gasteiger partial charge in [-0.1, -0.05) is 30.3 Å². The smallest absolute Gasteiger partial charge is 0.159 e. The molecule has 2 aromatic rings. The Morgan fingerprint density at radius 2 is 1.81 bits per heavy atom. The average Bonchev–Trinajstić information content (AvgIpc) is 2.68. The van der Waals surface area contributed by atoms with Crippen molar-refractivity contribution < 1.29 is 14.6 Å². The van der Waals surface area contributed by atoms with Crippen LogP contribution >= 0.6 is 0 Å². The molecule has 0 bridgehead atoms.